The number of furan rings is 1. The zero-order valence-corrected chi connectivity index (χ0v) is 29.2. The van der Waals surface area contributed by atoms with Crippen LogP contribution in [0.1, 0.15) is 62.7 Å². The Morgan fingerprint density at radius 2 is 1.55 bits per heavy atom. The van der Waals surface area contributed by atoms with Gasteiger partial charge in [-0.1, -0.05) is 109 Å². The highest BCUT2D eigenvalue weighted by molar-refractivity contribution is 5.83. The molecule has 0 aromatic carbocycles. The van der Waals surface area contributed by atoms with Crippen LogP contribution in [-0.2, 0) is 11.2 Å². The quantitative estimate of drug-likeness (QED) is 0.321. The summed E-state index contributed by atoms with van der Waals surface area (Å²) in [5.41, 5.74) is 12.7. The molecule has 0 spiro atoms. The molecule has 1 aromatic heterocycles. The molecule has 8 aliphatic carbocycles. The third-order valence-electron chi connectivity index (χ3n) is 13.1. The average molecular weight is 668 g/mol. The Morgan fingerprint density at radius 1 is 0.725 bits per heavy atom. The van der Waals surface area contributed by atoms with Crippen LogP contribution in [0.5, 0.6) is 0 Å². The Bertz CT molecular complexity index is 2260. The summed E-state index contributed by atoms with van der Waals surface area (Å²) < 4.78 is 14.1. The van der Waals surface area contributed by atoms with Crippen molar-refractivity contribution in [3.05, 3.63) is 171 Å². The molecule has 1 saturated heterocycles. The monoisotopic (exact) mass is 667 g/mol. The van der Waals surface area contributed by atoms with Crippen LogP contribution in [-0.4, -0.2) is 29.1 Å². The highest BCUT2D eigenvalue weighted by Gasteiger charge is 2.49. The van der Waals surface area contributed by atoms with Crippen LogP contribution >= 0.6 is 0 Å². The van der Waals surface area contributed by atoms with E-state index in [-0.39, 0.29) is 12.0 Å². The lowest BCUT2D eigenvalue weighted by Gasteiger charge is -2.36. The molecule has 7 atom stereocenters. The molecule has 11 rings (SSSR count). The average Bonchev–Trinajstić information content (AvgIpc) is 3.87. The highest BCUT2D eigenvalue weighted by Crippen LogP contribution is 2.53. The lowest BCUT2D eigenvalue weighted by Crippen LogP contribution is -2.44. The normalized spacial score (nSPS) is 33.9. The van der Waals surface area contributed by atoms with Crippen LogP contribution in [0.25, 0.3) is 17.2 Å². The third kappa shape index (κ3) is 4.66. The van der Waals surface area contributed by atoms with Crippen molar-refractivity contribution in [1.29, 1.82) is 0 Å². The molecule has 0 bridgehead atoms. The van der Waals surface area contributed by atoms with Gasteiger partial charge < -0.3 is 9.15 Å². The number of hydrogen-bond acceptors (Lipinski definition) is 3. The Balaban J connectivity index is 1.00. The van der Waals surface area contributed by atoms with E-state index in [1.165, 1.54) is 44.2 Å². The number of fused-ring (bicyclic) bond motifs is 8. The predicted octanol–water partition coefficient (Wildman–Crippen LogP) is 8.89. The van der Waals surface area contributed by atoms with Crippen LogP contribution in [0.4, 0.5) is 0 Å². The minimum Gasteiger partial charge on any atom is -0.485 e. The van der Waals surface area contributed by atoms with Gasteiger partial charge >= 0.3 is 0 Å². The number of rotatable bonds is 4. The maximum absolute atomic E-state index is 7.18. The summed E-state index contributed by atoms with van der Waals surface area (Å²) in [5.74, 6) is 3.14. The second kappa shape index (κ2) is 12.0. The number of allylic oxidation sites excluding steroid dienone is 16. The minimum atomic E-state index is -0.0639. The number of likely N-dealkylation sites (tertiary alicyclic amines) is 1. The fourth-order valence-corrected chi connectivity index (χ4v) is 10.9. The molecule has 254 valence electrons. The van der Waals surface area contributed by atoms with E-state index in [2.05, 4.69) is 126 Å². The van der Waals surface area contributed by atoms with Gasteiger partial charge in [0.1, 0.15) is 23.0 Å². The van der Waals surface area contributed by atoms with Gasteiger partial charge in [-0.2, -0.15) is 0 Å². The zero-order chi connectivity index (χ0) is 33.5. The van der Waals surface area contributed by atoms with Gasteiger partial charge in [0.25, 0.3) is 0 Å². The maximum atomic E-state index is 7.18. The Labute approximate surface area is 301 Å². The van der Waals surface area contributed by atoms with Crippen LogP contribution in [0, 0.1) is 17.8 Å². The van der Waals surface area contributed by atoms with Crippen molar-refractivity contribution in [3.63, 3.8) is 0 Å². The van der Waals surface area contributed by atoms with Crippen LogP contribution in [0.15, 0.2) is 153 Å². The maximum Gasteiger partial charge on any atom is 0.142 e. The first kappa shape index (κ1) is 30.1. The Morgan fingerprint density at radius 3 is 2.37 bits per heavy atom. The molecule has 1 aromatic rings. The fourth-order valence-electron chi connectivity index (χ4n) is 10.9. The summed E-state index contributed by atoms with van der Waals surface area (Å²) in [6.07, 6.45) is 56.4. The molecule has 51 heavy (non-hydrogen) atoms. The third-order valence-corrected chi connectivity index (χ3v) is 13.1. The van der Waals surface area contributed by atoms with Crippen LogP contribution in [0.3, 0.4) is 0 Å². The number of ether oxygens (including phenoxy) is 1. The van der Waals surface area contributed by atoms with E-state index in [9.17, 15) is 0 Å². The molecule has 0 amide bonds. The lowest BCUT2D eigenvalue weighted by molar-refractivity contribution is 0.178. The molecule has 0 saturated carbocycles. The first-order chi connectivity index (χ1) is 25.3. The van der Waals surface area contributed by atoms with Crippen LogP contribution in [0.2, 0.25) is 0 Å². The van der Waals surface area contributed by atoms with Gasteiger partial charge in [0.05, 0.1) is 5.92 Å². The van der Waals surface area contributed by atoms with Gasteiger partial charge in [-0.25, -0.2) is 0 Å². The molecule has 0 N–H and O–H groups in total. The van der Waals surface area contributed by atoms with Crippen LogP contribution < -0.4 is 10.6 Å². The van der Waals surface area contributed by atoms with Crippen molar-refractivity contribution in [2.24, 2.45) is 17.8 Å². The van der Waals surface area contributed by atoms with Gasteiger partial charge in [-0.05, 0) is 103 Å². The molecular formula is C48H45NO2. The highest BCUT2D eigenvalue weighted by atomic mass is 16.5. The summed E-state index contributed by atoms with van der Waals surface area (Å²) in [7, 11) is 0. The zero-order valence-electron chi connectivity index (χ0n) is 29.2. The predicted molar refractivity (Wildman–Crippen MR) is 206 cm³/mol. The number of hydrogen-bond donors (Lipinski definition) is 0. The van der Waals surface area contributed by atoms with Crippen molar-refractivity contribution in [2.75, 3.05) is 0 Å². The largest absolute Gasteiger partial charge is 0.485 e. The lowest BCUT2D eigenvalue weighted by atomic mass is 9.70. The molecule has 10 aliphatic rings. The standard InChI is InChI=1S/C48H45NO2/c1-4-14-30(15-5-1)43-45-36-21-11-13-23-41(36)50-47(45)44(31-16-6-2-7-17-31)48-46(43)38-29-33(25-27-42(38)51-48)32-24-26-40-37(28-32)35-20-10-12-22-39(35)49(40)34-18-8-3-9-19-34/h1-4,6,8-10,12-14,16,18,20,22-25,27-28,33-35,39-40,46,48H,5,7,11,15,17,19,21,26,29H2. The van der Waals surface area contributed by atoms with Crippen molar-refractivity contribution in [1.82, 2.24) is 4.90 Å². The second-order valence-electron chi connectivity index (χ2n) is 15.8. The summed E-state index contributed by atoms with van der Waals surface area (Å²) in [4.78, 5) is 2.80. The van der Waals surface area contributed by atoms with E-state index in [1.807, 2.05) is 0 Å². The fraction of sp³-hybridized carbons (Fsp3) is 0.333. The smallest absolute Gasteiger partial charge is 0.142 e. The summed E-state index contributed by atoms with van der Waals surface area (Å²) in [6.45, 7) is 0. The molecule has 3 nitrogen and oxygen atoms in total. The molecule has 7 unspecified atom stereocenters. The molecule has 1 fully saturated rings. The SMILES string of the molecule is C1=CCCC(C2=c3oc4c(c3=C(C3=CC=CCC3)C3C5=C(C=CC(C6=CCC7C(=C6)C6C=CC=CC6N7C6C=CC=CC6)C5)OC23)CCC=C4)=C1. The van der Waals surface area contributed by atoms with E-state index in [4.69, 9.17) is 9.15 Å². The first-order valence-corrected chi connectivity index (χ1v) is 19.6. The molecular weight excluding hydrogens is 623 g/mol. The minimum absolute atomic E-state index is 0.0639. The van der Waals surface area contributed by atoms with Gasteiger partial charge in [-0.3, -0.25) is 4.90 Å². The van der Waals surface area contributed by atoms with Gasteiger partial charge in [0, 0.05) is 46.3 Å². The van der Waals surface area contributed by atoms with E-state index < -0.39 is 0 Å². The molecule has 0 radical (unpaired) electrons. The van der Waals surface area contributed by atoms with E-state index in [0.29, 0.717) is 30.0 Å². The first-order valence-electron chi connectivity index (χ1n) is 19.6. The van der Waals surface area contributed by atoms with Crippen molar-refractivity contribution < 1.29 is 9.15 Å². The summed E-state index contributed by atoms with van der Waals surface area (Å²) in [6, 6.07) is 1.34. The van der Waals surface area contributed by atoms with Gasteiger partial charge in [0.15, 0.2) is 0 Å². The Hall–Kier alpha value is -4.60. The van der Waals surface area contributed by atoms with E-state index >= 15 is 0 Å². The summed E-state index contributed by atoms with van der Waals surface area (Å²) >= 11 is 0. The topological polar surface area (TPSA) is 25.6 Å². The molecule has 3 heterocycles. The van der Waals surface area contributed by atoms with Crippen molar-refractivity contribution in [3.8, 4) is 0 Å². The number of nitrogens with zero attached hydrogens (tertiary/aromatic N) is 1. The summed E-state index contributed by atoms with van der Waals surface area (Å²) in [5, 5.41) is 1.38. The van der Waals surface area contributed by atoms with Gasteiger partial charge in [0.2, 0.25) is 0 Å². The van der Waals surface area contributed by atoms with Gasteiger partial charge in [-0.15, -0.1) is 0 Å². The second-order valence-corrected chi connectivity index (χ2v) is 15.8. The van der Waals surface area contributed by atoms with E-state index in [0.717, 1.165) is 74.7 Å². The molecule has 3 heteroatoms. The molecule has 2 aliphatic heterocycles. The van der Waals surface area contributed by atoms with Crippen molar-refractivity contribution >= 4 is 17.2 Å². The van der Waals surface area contributed by atoms with Crippen molar-refractivity contribution in [2.45, 2.75) is 82.0 Å². The Kier molecular flexibility index (Phi) is 7.07. The van der Waals surface area contributed by atoms with E-state index in [1.54, 1.807) is 5.57 Å².